The number of hydrogen-bond donors (Lipinski definition) is 1. The Kier molecular flexibility index (Phi) is 1.97. The van der Waals surface area contributed by atoms with E-state index in [0.29, 0.717) is 11.7 Å². The first-order chi connectivity index (χ1) is 5.75. The van der Waals surface area contributed by atoms with E-state index in [-0.39, 0.29) is 5.91 Å². The maximum Gasteiger partial charge on any atom is 0.234 e. The Bertz CT molecular complexity index is 280. The van der Waals surface area contributed by atoms with Gasteiger partial charge in [0.25, 0.3) is 0 Å². The van der Waals surface area contributed by atoms with Gasteiger partial charge in [-0.05, 0) is 12.3 Å². The molecule has 1 fully saturated rings. The lowest BCUT2D eigenvalue weighted by Gasteiger charge is -2.23. The van der Waals surface area contributed by atoms with Gasteiger partial charge in [-0.1, -0.05) is 19.1 Å². The molecule has 1 aliphatic heterocycles. The molecule has 1 amide bonds. The van der Waals surface area contributed by atoms with Crippen LogP contribution in [-0.2, 0) is 4.79 Å². The lowest BCUT2D eigenvalue weighted by molar-refractivity contribution is -0.117. The van der Waals surface area contributed by atoms with E-state index in [1.807, 2.05) is 0 Å². The van der Waals surface area contributed by atoms with Crippen molar-refractivity contribution in [1.29, 1.82) is 0 Å². The van der Waals surface area contributed by atoms with Crippen LogP contribution in [0.15, 0.2) is 22.8 Å². The van der Waals surface area contributed by atoms with E-state index in [9.17, 15) is 4.79 Å². The van der Waals surface area contributed by atoms with Crippen molar-refractivity contribution in [2.45, 2.75) is 13.3 Å². The van der Waals surface area contributed by atoms with Gasteiger partial charge in [0.05, 0.1) is 11.4 Å². The number of amides is 1. The minimum Gasteiger partial charge on any atom is -0.325 e. The van der Waals surface area contributed by atoms with Crippen molar-refractivity contribution in [1.82, 2.24) is 5.32 Å². The molecule has 0 spiro atoms. The molecule has 2 rings (SSSR count). The zero-order valence-electron chi connectivity index (χ0n) is 6.96. The van der Waals surface area contributed by atoms with Gasteiger partial charge < -0.3 is 5.32 Å². The van der Waals surface area contributed by atoms with Crippen molar-refractivity contribution < 1.29 is 4.79 Å². The molecule has 0 unspecified atom stereocenters. The predicted molar refractivity (Wildman–Crippen MR) is 50.5 cm³/mol. The number of allylic oxidation sites excluding steroid dienone is 2. The van der Waals surface area contributed by atoms with E-state index in [2.05, 4.69) is 24.4 Å². The van der Waals surface area contributed by atoms with E-state index in [1.165, 1.54) is 4.91 Å². The van der Waals surface area contributed by atoms with Crippen LogP contribution in [0.25, 0.3) is 0 Å². The minimum atomic E-state index is 0.123. The summed E-state index contributed by atoms with van der Waals surface area (Å²) in [6.07, 6.45) is 5.45. The van der Waals surface area contributed by atoms with Crippen LogP contribution in [0.4, 0.5) is 0 Å². The molecule has 0 bridgehead atoms. The molecule has 1 saturated heterocycles. The summed E-state index contributed by atoms with van der Waals surface area (Å²) in [6.45, 7) is 2.16. The molecule has 0 saturated carbocycles. The SMILES string of the molecule is C[C@H]1C=C2NC(=O)CSC2=CC1. The largest absolute Gasteiger partial charge is 0.325 e. The normalized spacial score (nSPS) is 28.4. The number of carbonyl (C=O) groups excluding carboxylic acids is 1. The molecule has 1 aliphatic carbocycles. The van der Waals surface area contributed by atoms with Crippen LogP contribution in [0.5, 0.6) is 0 Å². The van der Waals surface area contributed by atoms with Gasteiger partial charge in [-0.2, -0.15) is 0 Å². The smallest absolute Gasteiger partial charge is 0.234 e. The summed E-state index contributed by atoms with van der Waals surface area (Å²) in [6, 6.07) is 0. The third-order valence-electron chi connectivity index (χ3n) is 2.02. The standard InChI is InChI=1S/C9H11NOS/c1-6-2-3-8-7(4-6)10-9(11)5-12-8/h3-4,6H,2,5H2,1H3,(H,10,11)/t6-/m1/s1. The Labute approximate surface area is 76.1 Å². The zero-order chi connectivity index (χ0) is 8.55. The van der Waals surface area contributed by atoms with Gasteiger partial charge in [-0.15, -0.1) is 11.8 Å². The first kappa shape index (κ1) is 7.92. The van der Waals surface area contributed by atoms with Crippen LogP contribution in [0, 0.1) is 5.92 Å². The second-order valence-electron chi connectivity index (χ2n) is 3.20. The number of hydrogen-bond acceptors (Lipinski definition) is 2. The molecule has 0 aromatic heterocycles. The van der Waals surface area contributed by atoms with Crippen LogP contribution in [0.1, 0.15) is 13.3 Å². The maximum absolute atomic E-state index is 11.0. The molecular formula is C9H11NOS. The van der Waals surface area contributed by atoms with Crippen molar-refractivity contribution in [3.05, 3.63) is 22.8 Å². The third-order valence-corrected chi connectivity index (χ3v) is 3.13. The number of fused-ring (bicyclic) bond motifs is 1. The number of thioether (sulfide) groups is 1. The first-order valence-corrected chi connectivity index (χ1v) is 5.09. The topological polar surface area (TPSA) is 29.1 Å². The molecule has 0 radical (unpaired) electrons. The molecule has 2 nitrogen and oxygen atoms in total. The Morgan fingerprint density at radius 3 is 3.33 bits per heavy atom. The van der Waals surface area contributed by atoms with Crippen molar-refractivity contribution >= 4 is 17.7 Å². The minimum absolute atomic E-state index is 0.123. The Morgan fingerprint density at radius 1 is 1.67 bits per heavy atom. The fourth-order valence-corrected chi connectivity index (χ4v) is 2.25. The van der Waals surface area contributed by atoms with Crippen molar-refractivity contribution in [3.63, 3.8) is 0 Å². The maximum atomic E-state index is 11.0. The lowest BCUT2D eigenvalue weighted by atomic mass is 10.0. The Morgan fingerprint density at radius 2 is 2.50 bits per heavy atom. The van der Waals surface area contributed by atoms with Gasteiger partial charge in [0.1, 0.15) is 0 Å². The fourth-order valence-electron chi connectivity index (χ4n) is 1.41. The third kappa shape index (κ3) is 1.41. The summed E-state index contributed by atoms with van der Waals surface area (Å²) in [5.74, 6) is 1.25. The second kappa shape index (κ2) is 2.98. The van der Waals surface area contributed by atoms with Crippen molar-refractivity contribution in [2.24, 2.45) is 5.92 Å². The zero-order valence-corrected chi connectivity index (χ0v) is 7.78. The van der Waals surface area contributed by atoms with E-state index in [1.54, 1.807) is 11.8 Å². The fraction of sp³-hybridized carbons (Fsp3) is 0.444. The average Bonchev–Trinajstić information content (AvgIpc) is 2.03. The highest BCUT2D eigenvalue weighted by Gasteiger charge is 2.20. The van der Waals surface area contributed by atoms with Crippen molar-refractivity contribution in [2.75, 3.05) is 5.75 Å². The van der Waals surface area contributed by atoms with Crippen LogP contribution < -0.4 is 5.32 Å². The molecular weight excluding hydrogens is 170 g/mol. The van der Waals surface area contributed by atoms with Crippen LogP contribution >= 0.6 is 11.8 Å². The van der Waals surface area contributed by atoms with E-state index < -0.39 is 0 Å². The monoisotopic (exact) mass is 181 g/mol. The van der Waals surface area contributed by atoms with Crippen LogP contribution in [0.3, 0.4) is 0 Å². The molecule has 3 heteroatoms. The van der Waals surface area contributed by atoms with Gasteiger partial charge >= 0.3 is 0 Å². The highest BCUT2D eigenvalue weighted by atomic mass is 32.2. The molecule has 2 aliphatic rings. The van der Waals surface area contributed by atoms with Crippen LogP contribution in [0.2, 0.25) is 0 Å². The van der Waals surface area contributed by atoms with Gasteiger partial charge in [0.15, 0.2) is 0 Å². The van der Waals surface area contributed by atoms with E-state index in [4.69, 9.17) is 0 Å². The van der Waals surface area contributed by atoms with Crippen molar-refractivity contribution in [3.8, 4) is 0 Å². The van der Waals surface area contributed by atoms with E-state index in [0.717, 1.165) is 12.1 Å². The molecule has 1 heterocycles. The average molecular weight is 181 g/mol. The van der Waals surface area contributed by atoms with Gasteiger partial charge in [0.2, 0.25) is 5.91 Å². The molecule has 0 aromatic carbocycles. The highest BCUT2D eigenvalue weighted by Crippen LogP contribution is 2.32. The quantitative estimate of drug-likeness (QED) is 0.615. The first-order valence-electron chi connectivity index (χ1n) is 4.11. The van der Waals surface area contributed by atoms with E-state index >= 15 is 0 Å². The molecule has 1 atom stereocenters. The molecule has 1 N–H and O–H groups in total. The Balaban J connectivity index is 2.23. The summed E-state index contributed by atoms with van der Waals surface area (Å²) < 4.78 is 0. The summed E-state index contributed by atoms with van der Waals surface area (Å²) in [5, 5.41) is 2.88. The van der Waals surface area contributed by atoms with Gasteiger partial charge in [-0.3, -0.25) is 4.79 Å². The molecule has 0 aromatic rings. The molecule has 64 valence electrons. The number of rotatable bonds is 0. The second-order valence-corrected chi connectivity index (χ2v) is 4.22. The summed E-state index contributed by atoms with van der Waals surface area (Å²) in [7, 11) is 0. The van der Waals surface area contributed by atoms with Gasteiger partial charge in [-0.25, -0.2) is 0 Å². The summed E-state index contributed by atoms with van der Waals surface area (Å²) >= 11 is 1.64. The number of nitrogens with one attached hydrogen (secondary N) is 1. The predicted octanol–water partition coefficient (Wildman–Crippen LogP) is 1.66. The molecule has 12 heavy (non-hydrogen) atoms. The van der Waals surface area contributed by atoms with Crippen LogP contribution in [-0.4, -0.2) is 11.7 Å². The lowest BCUT2D eigenvalue weighted by Crippen LogP contribution is -2.30. The Hall–Kier alpha value is -0.700. The number of carbonyl (C=O) groups is 1. The summed E-state index contributed by atoms with van der Waals surface area (Å²) in [4.78, 5) is 12.3. The summed E-state index contributed by atoms with van der Waals surface area (Å²) in [5.41, 5.74) is 1.02. The van der Waals surface area contributed by atoms with Gasteiger partial charge in [0, 0.05) is 4.91 Å². The highest BCUT2D eigenvalue weighted by molar-refractivity contribution is 8.04.